The molecule has 0 saturated carbocycles. The maximum Gasteiger partial charge on any atom is 0.264 e. The van der Waals surface area contributed by atoms with Gasteiger partial charge in [-0.15, -0.1) is 11.3 Å². The van der Waals surface area contributed by atoms with Crippen LogP contribution in [0.1, 0.15) is 46.7 Å². The average molecular weight is 385 g/mol. The first-order valence-electron chi connectivity index (χ1n) is 9.02. The number of amides is 3. The standard InChI is InChI=1S/C20H23N3O3S/c1-13(2)21-18(24)14-7-9-15(10-8-14)22-19(25)16-5-3-11-23(16)20(26)17-6-4-12-27-17/h4,6-10,12-13,16H,3,5,11H2,1-2H3,(H,21,24)(H,22,25)/t16-/m0/s1. The van der Waals surface area contributed by atoms with Crippen LogP contribution in [0.4, 0.5) is 5.69 Å². The number of hydrogen-bond acceptors (Lipinski definition) is 4. The molecule has 0 radical (unpaired) electrons. The Kier molecular flexibility index (Phi) is 5.91. The summed E-state index contributed by atoms with van der Waals surface area (Å²) < 4.78 is 0. The third-order valence-corrected chi connectivity index (χ3v) is 5.24. The van der Waals surface area contributed by atoms with Crippen LogP contribution in [0.5, 0.6) is 0 Å². The van der Waals surface area contributed by atoms with Gasteiger partial charge in [0.2, 0.25) is 5.91 Å². The van der Waals surface area contributed by atoms with Gasteiger partial charge in [-0.2, -0.15) is 0 Å². The van der Waals surface area contributed by atoms with E-state index in [0.717, 1.165) is 6.42 Å². The van der Waals surface area contributed by atoms with Gasteiger partial charge in [0.1, 0.15) is 6.04 Å². The molecule has 1 atom stereocenters. The lowest BCUT2D eigenvalue weighted by Gasteiger charge is -2.23. The van der Waals surface area contributed by atoms with Gasteiger partial charge in [-0.25, -0.2) is 0 Å². The van der Waals surface area contributed by atoms with Crippen LogP contribution < -0.4 is 10.6 Å². The molecule has 1 fully saturated rings. The second kappa shape index (κ2) is 8.35. The number of thiophene rings is 1. The highest BCUT2D eigenvalue weighted by Gasteiger charge is 2.34. The van der Waals surface area contributed by atoms with E-state index >= 15 is 0 Å². The molecule has 2 aromatic rings. The number of nitrogens with zero attached hydrogens (tertiary/aromatic N) is 1. The summed E-state index contributed by atoms with van der Waals surface area (Å²) in [6, 6.07) is 9.96. The number of hydrogen-bond donors (Lipinski definition) is 2. The van der Waals surface area contributed by atoms with E-state index in [-0.39, 0.29) is 23.8 Å². The fraction of sp³-hybridized carbons (Fsp3) is 0.350. The highest BCUT2D eigenvalue weighted by atomic mass is 32.1. The Morgan fingerprint density at radius 3 is 2.52 bits per heavy atom. The van der Waals surface area contributed by atoms with Crippen molar-refractivity contribution in [3.05, 3.63) is 52.2 Å². The Morgan fingerprint density at radius 1 is 1.15 bits per heavy atom. The number of likely N-dealkylation sites (tertiary alicyclic amines) is 1. The van der Waals surface area contributed by atoms with Gasteiger partial charge >= 0.3 is 0 Å². The van der Waals surface area contributed by atoms with Gasteiger partial charge in [0.05, 0.1) is 4.88 Å². The third kappa shape index (κ3) is 4.54. The van der Waals surface area contributed by atoms with E-state index in [1.807, 2.05) is 25.3 Å². The Morgan fingerprint density at radius 2 is 1.89 bits per heavy atom. The molecule has 27 heavy (non-hydrogen) atoms. The van der Waals surface area contributed by atoms with Crippen molar-refractivity contribution in [2.45, 2.75) is 38.8 Å². The Hall–Kier alpha value is -2.67. The largest absolute Gasteiger partial charge is 0.350 e. The van der Waals surface area contributed by atoms with Crippen LogP contribution in [0.15, 0.2) is 41.8 Å². The van der Waals surface area contributed by atoms with E-state index in [4.69, 9.17) is 0 Å². The van der Waals surface area contributed by atoms with Crippen molar-refractivity contribution < 1.29 is 14.4 Å². The molecule has 1 aliphatic heterocycles. The molecule has 142 valence electrons. The summed E-state index contributed by atoms with van der Waals surface area (Å²) in [4.78, 5) is 39.6. The number of nitrogens with one attached hydrogen (secondary N) is 2. The van der Waals surface area contributed by atoms with E-state index in [0.29, 0.717) is 29.1 Å². The number of carbonyl (C=O) groups is 3. The fourth-order valence-corrected chi connectivity index (χ4v) is 3.78. The van der Waals surface area contributed by atoms with E-state index in [1.165, 1.54) is 11.3 Å². The average Bonchev–Trinajstić information content (AvgIpc) is 3.33. The van der Waals surface area contributed by atoms with Crippen LogP contribution in [0.2, 0.25) is 0 Å². The number of rotatable bonds is 5. The maximum absolute atomic E-state index is 12.7. The summed E-state index contributed by atoms with van der Waals surface area (Å²) in [6.45, 7) is 4.39. The molecule has 7 heteroatoms. The summed E-state index contributed by atoms with van der Waals surface area (Å²) in [5.74, 6) is -0.438. The summed E-state index contributed by atoms with van der Waals surface area (Å²) in [7, 11) is 0. The van der Waals surface area contributed by atoms with Crippen molar-refractivity contribution in [3.8, 4) is 0 Å². The van der Waals surface area contributed by atoms with Crippen LogP contribution in [0, 0.1) is 0 Å². The highest BCUT2D eigenvalue weighted by molar-refractivity contribution is 7.12. The summed E-state index contributed by atoms with van der Waals surface area (Å²) in [6.07, 6.45) is 1.46. The molecule has 0 aliphatic carbocycles. The minimum atomic E-state index is -0.469. The van der Waals surface area contributed by atoms with Gasteiger partial charge in [-0.05, 0) is 62.4 Å². The molecule has 0 unspecified atom stereocenters. The van der Waals surface area contributed by atoms with Crippen LogP contribution >= 0.6 is 11.3 Å². The quantitative estimate of drug-likeness (QED) is 0.830. The molecule has 1 aliphatic rings. The van der Waals surface area contributed by atoms with Crippen molar-refractivity contribution >= 4 is 34.7 Å². The number of carbonyl (C=O) groups excluding carboxylic acids is 3. The Bertz CT molecular complexity index is 816. The van der Waals surface area contributed by atoms with Gasteiger partial charge < -0.3 is 15.5 Å². The Labute approximate surface area is 162 Å². The normalized spacial score (nSPS) is 16.4. The predicted octanol–water partition coefficient (Wildman–Crippen LogP) is 3.13. The molecule has 0 spiro atoms. The second-order valence-corrected chi connectivity index (χ2v) is 7.78. The van der Waals surface area contributed by atoms with Crippen molar-refractivity contribution in [2.24, 2.45) is 0 Å². The van der Waals surface area contributed by atoms with Gasteiger partial charge in [0, 0.05) is 23.8 Å². The molecule has 2 heterocycles. The molecular formula is C20H23N3O3S. The monoisotopic (exact) mass is 385 g/mol. The predicted molar refractivity (Wildman–Crippen MR) is 106 cm³/mol. The van der Waals surface area contributed by atoms with Gasteiger partial charge in [0.25, 0.3) is 11.8 Å². The van der Waals surface area contributed by atoms with Gasteiger partial charge in [0.15, 0.2) is 0 Å². The van der Waals surface area contributed by atoms with Crippen LogP contribution in [0.3, 0.4) is 0 Å². The fourth-order valence-electron chi connectivity index (χ4n) is 3.10. The summed E-state index contributed by atoms with van der Waals surface area (Å²) in [5, 5.41) is 7.54. The molecule has 3 amide bonds. The third-order valence-electron chi connectivity index (χ3n) is 4.38. The first kappa shape index (κ1) is 19.1. The van der Waals surface area contributed by atoms with Crippen molar-refractivity contribution in [3.63, 3.8) is 0 Å². The van der Waals surface area contributed by atoms with Crippen molar-refractivity contribution in [2.75, 3.05) is 11.9 Å². The van der Waals surface area contributed by atoms with E-state index in [1.54, 1.807) is 35.2 Å². The lowest BCUT2D eigenvalue weighted by molar-refractivity contribution is -0.119. The van der Waals surface area contributed by atoms with E-state index < -0.39 is 6.04 Å². The van der Waals surface area contributed by atoms with E-state index in [9.17, 15) is 14.4 Å². The molecular weight excluding hydrogens is 362 g/mol. The maximum atomic E-state index is 12.7. The van der Waals surface area contributed by atoms with Gasteiger partial charge in [-0.1, -0.05) is 6.07 Å². The minimum Gasteiger partial charge on any atom is -0.350 e. The topological polar surface area (TPSA) is 78.5 Å². The van der Waals surface area contributed by atoms with Gasteiger partial charge in [-0.3, -0.25) is 14.4 Å². The van der Waals surface area contributed by atoms with Crippen LogP contribution in [-0.4, -0.2) is 41.2 Å². The molecule has 1 aromatic carbocycles. The summed E-state index contributed by atoms with van der Waals surface area (Å²) >= 11 is 1.38. The lowest BCUT2D eigenvalue weighted by atomic mass is 10.1. The van der Waals surface area contributed by atoms with Crippen LogP contribution in [-0.2, 0) is 4.79 Å². The molecule has 1 saturated heterocycles. The second-order valence-electron chi connectivity index (χ2n) is 6.83. The zero-order valence-corrected chi connectivity index (χ0v) is 16.2. The van der Waals surface area contributed by atoms with E-state index in [2.05, 4.69) is 10.6 Å². The molecule has 1 aromatic heterocycles. The number of benzene rings is 1. The zero-order valence-electron chi connectivity index (χ0n) is 15.4. The molecule has 3 rings (SSSR count). The number of anilines is 1. The SMILES string of the molecule is CC(C)NC(=O)c1ccc(NC(=O)[C@@H]2CCCN2C(=O)c2cccs2)cc1. The molecule has 0 bridgehead atoms. The lowest BCUT2D eigenvalue weighted by Crippen LogP contribution is -2.42. The zero-order chi connectivity index (χ0) is 19.4. The first-order chi connectivity index (χ1) is 13.0. The highest BCUT2D eigenvalue weighted by Crippen LogP contribution is 2.23. The summed E-state index contributed by atoms with van der Waals surface area (Å²) in [5.41, 5.74) is 1.15. The van der Waals surface area contributed by atoms with Crippen molar-refractivity contribution in [1.82, 2.24) is 10.2 Å². The van der Waals surface area contributed by atoms with Crippen LogP contribution in [0.25, 0.3) is 0 Å². The smallest absolute Gasteiger partial charge is 0.264 e. The Balaban J connectivity index is 1.64. The molecule has 2 N–H and O–H groups in total. The molecule has 6 nitrogen and oxygen atoms in total. The van der Waals surface area contributed by atoms with Crippen molar-refractivity contribution in [1.29, 1.82) is 0 Å². The minimum absolute atomic E-state index is 0.0612. The first-order valence-corrected chi connectivity index (χ1v) is 9.90.